The normalized spacial score (nSPS) is 16.1. The number of morpholine rings is 1. The summed E-state index contributed by atoms with van der Waals surface area (Å²) in [7, 11) is -3.93. The van der Waals surface area contributed by atoms with E-state index in [1.807, 2.05) is 0 Å². The molecule has 0 atom stereocenters. The molecule has 0 aliphatic carbocycles. The number of nitrogens with zero attached hydrogens (tertiary/aromatic N) is 2. The molecule has 2 heterocycles. The van der Waals surface area contributed by atoms with Crippen LogP contribution in [0.15, 0.2) is 41.3 Å². The molecule has 0 aromatic heterocycles. The number of nitro benzene ring substituents is 1. The third-order valence-electron chi connectivity index (χ3n) is 4.79. The summed E-state index contributed by atoms with van der Waals surface area (Å²) in [6, 6.07) is 8.93. The number of hydrogen-bond acceptors (Lipinski definition) is 9. The van der Waals surface area contributed by atoms with Gasteiger partial charge in [0.05, 0.1) is 23.8 Å². The number of nitro groups is 1. The lowest BCUT2D eigenvalue weighted by atomic mass is 10.3. The molecular formula is C19H21N3O8S. The molecule has 0 radical (unpaired) electrons. The lowest BCUT2D eigenvalue weighted by Gasteiger charge is -2.27. The van der Waals surface area contributed by atoms with Crippen LogP contribution in [-0.2, 0) is 14.8 Å². The van der Waals surface area contributed by atoms with Gasteiger partial charge >= 0.3 is 0 Å². The van der Waals surface area contributed by atoms with Crippen molar-refractivity contribution >= 4 is 21.4 Å². The van der Waals surface area contributed by atoms with Crippen LogP contribution in [0.3, 0.4) is 0 Å². The fourth-order valence-corrected chi connectivity index (χ4v) is 4.83. The van der Waals surface area contributed by atoms with Gasteiger partial charge in [0.15, 0.2) is 11.5 Å². The van der Waals surface area contributed by atoms with E-state index in [9.17, 15) is 18.5 Å². The first-order valence-corrected chi connectivity index (χ1v) is 11.0. The molecule has 31 heavy (non-hydrogen) atoms. The van der Waals surface area contributed by atoms with Gasteiger partial charge in [-0.05, 0) is 18.2 Å². The number of nitrogens with one attached hydrogen (secondary N) is 1. The van der Waals surface area contributed by atoms with Crippen LogP contribution in [0.25, 0.3) is 0 Å². The fraction of sp³-hybridized carbons (Fsp3) is 0.368. The van der Waals surface area contributed by atoms with Crippen molar-refractivity contribution in [2.75, 3.05) is 51.6 Å². The van der Waals surface area contributed by atoms with E-state index in [0.29, 0.717) is 17.2 Å². The van der Waals surface area contributed by atoms with Gasteiger partial charge in [0.2, 0.25) is 16.8 Å². The van der Waals surface area contributed by atoms with E-state index in [2.05, 4.69) is 5.32 Å². The molecule has 2 aliphatic rings. The SMILES string of the molecule is O=[N+]([O-])c1ccc(NCCOc2ccc3c(c2)OCO3)c(S(=O)(=O)N2CCOCC2)c1. The molecular weight excluding hydrogens is 430 g/mol. The van der Waals surface area contributed by atoms with Gasteiger partial charge in [0, 0.05) is 37.8 Å². The van der Waals surface area contributed by atoms with Crippen LogP contribution in [-0.4, -0.2) is 63.9 Å². The Hall–Kier alpha value is -3.09. The molecule has 0 unspecified atom stereocenters. The summed E-state index contributed by atoms with van der Waals surface area (Å²) in [5.41, 5.74) is -0.0274. The van der Waals surface area contributed by atoms with Crippen LogP contribution < -0.4 is 19.5 Å². The summed E-state index contributed by atoms with van der Waals surface area (Å²) in [5.74, 6) is 1.82. The van der Waals surface area contributed by atoms with Gasteiger partial charge in [-0.3, -0.25) is 10.1 Å². The smallest absolute Gasteiger partial charge is 0.270 e. The van der Waals surface area contributed by atoms with Crippen LogP contribution >= 0.6 is 0 Å². The number of sulfonamides is 1. The maximum absolute atomic E-state index is 13.1. The number of hydrogen-bond donors (Lipinski definition) is 1. The molecule has 1 fully saturated rings. The number of fused-ring (bicyclic) bond motifs is 1. The standard InChI is InChI=1S/C19H21N3O8S/c23-22(24)14-1-3-16(19(11-14)31(25,26)21-6-9-27-10-7-21)20-5-8-28-15-2-4-17-18(12-15)30-13-29-17/h1-4,11-12,20H,5-10,13H2. The van der Waals surface area contributed by atoms with Gasteiger partial charge < -0.3 is 24.3 Å². The van der Waals surface area contributed by atoms with Gasteiger partial charge in [-0.25, -0.2) is 8.42 Å². The molecule has 0 bridgehead atoms. The predicted molar refractivity (Wildman–Crippen MR) is 109 cm³/mol. The third kappa shape index (κ3) is 4.65. The van der Waals surface area contributed by atoms with Crippen molar-refractivity contribution < 1.29 is 32.3 Å². The van der Waals surface area contributed by atoms with Crippen molar-refractivity contribution in [3.8, 4) is 17.2 Å². The van der Waals surface area contributed by atoms with E-state index in [0.717, 1.165) is 6.07 Å². The van der Waals surface area contributed by atoms with Crippen molar-refractivity contribution in [3.05, 3.63) is 46.5 Å². The summed E-state index contributed by atoms with van der Waals surface area (Å²) < 4.78 is 48.9. The molecule has 0 amide bonds. The van der Waals surface area contributed by atoms with Crippen molar-refractivity contribution in [3.63, 3.8) is 0 Å². The first-order chi connectivity index (χ1) is 14.9. The molecule has 0 saturated carbocycles. The average Bonchev–Trinajstić information content (AvgIpc) is 3.25. The molecule has 2 aromatic rings. The Labute approximate surface area is 178 Å². The highest BCUT2D eigenvalue weighted by Gasteiger charge is 2.30. The van der Waals surface area contributed by atoms with Crippen LogP contribution in [0.4, 0.5) is 11.4 Å². The topological polar surface area (TPSA) is 129 Å². The summed E-state index contributed by atoms with van der Waals surface area (Å²) in [6.07, 6.45) is 0. The minimum absolute atomic E-state index is 0.147. The highest BCUT2D eigenvalue weighted by molar-refractivity contribution is 7.89. The van der Waals surface area contributed by atoms with Crippen LogP contribution in [0.5, 0.6) is 17.2 Å². The van der Waals surface area contributed by atoms with E-state index in [-0.39, 0.29) is 62.5 Å². The number of benzene rings is 2. The highest BCUT2D eigenvalue weighted by Crippen LogP contribution is 2.35. The summed E-state index contributed by atoms with van der Waals surface area (Å²) in [5, 5.41) is 14.2. The van der Waals surface area contributed by atoms with Crippen LogP contribution in [0, 0.1) is 10.1 Å². The Morgan fingerprint density at radius 2 is 1.87 bits per heavy atom. The van der Waals surface area contributed by atoms with Gasteiger partial charge in [0.25, 0.3) is 5.69 Å². The number of non-ortho nitro benzene ring substituents is 1. The molecule has 1 N–H and O–H groups in total. The molecule has 0 spiro atoms. The summed E-state index contributed by atoms with van der Waals surface area (Å²) >= 11 is 0. The van der Waals surface area contributed by atoms with E-state index in [1.54, 1.807) is 18.2 Å². The second-order valence-corrected chi connectivity index (χ2v) is 8.65. The minimum Gasteiger partial charge on any atom is -0.492 e. The Kier molecular flexibility index (Phi) is 6.11. The van der Waals surface area contributed by atoms with Crippen LogP contribution in [0.1, 0.15) is 0 Å². The zero-order valence-electron chi connectivity index (χ0n) is 16.5. The number of ether oxygens (including phenoxy) is 4. The van der Waals surface area contributed by atoms with Gasteiger partial charge in [-0.15, -0.1) is 0 Å². The molecule has 1 saturated heterocycles. The summed E-state index contributed by atoms with van der Waals surface area (Å²) in [6.45, 7) is 1.61. The first-order valence-electron chi connectivity index (χ1n) is 9.58. The predicted octanol–water partition coefficient (Wildman–Crippen LogP) is 1.84. The zero-order valence-corrected chi connectivity index (χ0v) is 17.3. The van der Waals surface area contributed by atoms with Crippen molar-refractivity contribution in [2.24, 2.45) is 0 Å². The fourth-order valence-electron chi connectivity index (χ4n) is 3.23. The molecule has 11 nitrogen and oxygen atoms in total. The maximum Gasteiger partial charge on any atom is 0.270 e. The zero-order chi connectivity index (χ0) is 21.8. The van der Waals surface area contributed by atoms with Crippen molar-refractivity contribution in [1.29, 1.82) is 0 Å². The monoisotopic (exact) mass is 451 g/mol. The lowest BCUT2D eigenvalue weighted by Crippen LogP contribution is -2.40. The molecule has 2 aliphatic heterocycles. The van der Waals surface area contributed by atoms with Crippen LogP contribution in [0.2, 0.25) is 0 Å². The van der Waals surface area contributed by atoms with Gasteiger partial charge in [-0.2, -0.15) is 4.31 Å². The van der Waals surface area contributed by atoms with Crippen molar-refractivity contribution in [1.82, 2.24) is 4.31 Å². The Bertz CT molecular complexity index is 1070. The highest BCUT2D eigenvalue weighted by atomic mass is 32.2. The molecule has 166 valence electrons. The van der Waals surface area contributed by atoms with E-state index < -0.39 is 14.9 Å². The van der Waals surface area contributed by atoms with Gasteiger partial charge in [0.1, 0.15) is 17.3 Å². The van der Waals surface area contributed by atoms with Crippen molar-refractivity contribution in [2.45, 2.75) is 4.90 Å². The number of rotatable bonds is 8. The Morgan fingerprint density at radius 1 is 1.10 bits per heavy atom. The Balaban J connectivity index is 1.46. The molecule has 2 aromatic carbocycles. The number of anilines is 1. The second-order valence-electron chi connectivity index (χ2n) is 6.74. The van der Waals surface area contributed by atoms with E-state index >= 15 is 0 Å². The maximum atomic E-state index is 13.1. The first kappa shape index (κ1) is 21.2. The minimum atomic E-state index is -3.93. The second kappa shape index (κ2) is 8.96. The van der Waals surface area contributed by atoms with E-state index in [4.69, 9.17) is 18.9 Å². The lowest BCUT2D eigenvalue weighted by molar-refractivity contribution is -0.385. The third-order valence-corrected chi connectivity index (χ3v) is 6.73. The Morgan fingerprint density at radius 3 is 2.65 bits per heavy atom. The summed E-state index contributed by atoms with van der Waals surface area (Å²) in [4.78, 5) is 10.4. The average molecular weight is 451 g/mol. The quantitative estimate of drug-likeness (QED) is 0.363. The van der Waals surface area contributed by atoms with E-state index in [1.165, 1.54) is 16.4 Å². The molecule has 12 heteroatoms. The largest absolute Gasteiger partial charge is 0.492 e. The van der Waals surface area contributed by atoms with Gasteiger partial charge in [-0.1, -0.05) is 0 Å². The molecule has 4 rings (SSSR count).